The van der Waals surface area contributed by atoms with Crippen LogP contribution in [0.25, 0.3) is 0 Å². The van der Waals surface area contributed by atoms with Gasteiger partial charge in [0.1, 0.15) is 6.54 Å². The highest BCUT2D eigenvalue weighted by molar-refractivity contribution is 6.35. The van der Waals surface area contributed by atoms with E-state index in [1.54, 1.807) is 23.1 Å². The van der Waals surface area contributed by atoms with Gasteiger partial charge >= 0.3 is 5.97 Å². The van der Waals surface area contributed by atoms with Crippen LogP contribution in [0.1, 0.15) is 10.4 Å². The Morgan fingerprint density at radius 3 is 2.17 bits per heavy atom. The first-order chi connectivity index (χ1) is 11.3. The van der Waals surface area contributed by atoms with Crippen LogP contribution in [0.15, 0.2) is 18.2 Å². The van der Waals surface area contributed by atoms with E-state index < -0.39 is 12.5 Å². The van der Waals surface area contributed by atoms with Crippen LogP contribution in [-0.4, -0.2) is 72.0 Å². The number of carbonyl (C=O) groups is 3. The van der Waals surface area contributed by atoms with E-state index in [4.69, 9.17) is 28.3 Å². The smallest absolute Gasteiger partial charge is 0.322 e. The Kier molecular flexibility index (Phi) is 6.42. The number of rotatable bonds is 5. The van der Waals surface area contributed by atoms with Gasteiger partial charge in [-0.3, -0.25) is 19.3 Å². The summed E-state index contributed by atoms with van der Waals surface area (Å²) < 4.78 is 0. The molecular formula is C15H17Cl2N3O4. The van der Waals surface area contributed by atoms with Crippen molar-refractivity contribution in [3.05, 3.63) is 33.8 Å². The summed E-state index contributed by atoms with van der Waals surface area (Å²) in [5.41, 5.74) is 0.431. The predicted molar refractivity (Wildman–Crippen MR) is 89.5 cm³/mol. The fraction of sp³-hybridized carbons (Fsp3) is 0.400. The van der Waals surface area contributed by atoms with E-state index in [2.05, 4.69) is 5.32 Å². The van der Waals surface area contributed by atoms with Gasteiger partial charge in [0.2, 0.25) is 5.91 Å². The molecule has 2 rings (SSSR count). The summed E-state index contributed by atoms with van der Waals surface area (Å²) in [5, 5.41) is 11.6. The van der Waals surface area contributed by atoms with E-state index in [-0.39, 0.29) is 18.4 Å². The highest BCUT2D eigenvalue weighted by Gasteiger charge is 2.23. The summed E-state index contributed by atoms with van der Waals surface area (Å²) >= 11 is 11.8. The summed E-state index contributed by atoms with van der Waals surface area (Å²) in [6, 6.07) is 4.70. The van der Waals surface area contributed by atoms with E-state index in [9.17, 15) is 14.4 Å². The maximum absolute atomic E-state index is 12.5. The molecule has 0 bridgehead atoms. The molecule has 1 aromatic rings. The number of benzene rings is 1. The van der Waals surface area contributed by atoms with Crippen LogP contribution in [0.5, 0.6) is 0 Å². The Labute approximate surface area is 149 Å². The predicted octanol–water partition coefficient (Wildman–Crippen LogP) is 0.952. The van der Waals surface area contributed by atoms with Crippen LogP contribution in [0, 0.1) is 0 Å². The highest BCUT2D eigenvalue weighted by Crippen LogP contribution is 2.20. The van der Waals surface area contributed by atoms with Gasteiger partial charge in [-0.05, 0) is 18.2 Å². The highest BCUT2D eigenvalue weighted by atomic mass is 35.5. The lowest BCUT2D eigenvalue weighted by Gasteiger charge is -2.34. The van der Waals surface area contributed by atoms with Crippen molar-refractivity contribution in [1.29, 1.82) is 0 Å². The van der Waals surface area contributed by atoms with Crippen molar-refractivity contribution in [3.8, 4) is 0 Å². The molecule has 0 saturated carbocycles. The van der Waals surface area contributed by atoms with Gasteiger partial charge < -0.3 is 15.3 Å². The zero-order valence-electron chi connectivity index (χ0n) is 12.8. The molecule has 1 aliphatic rings. The lowest BCUT2D eigenvalue weighted by atomic mass is 10.2. The Balaban J connectivity index is 1.84. The second-order valence-electron chi connectivity index (χ2n) is 5.40. The van der Waals surface area contributed by atoms with Gasteiger partial charge in [0.05, 0.1) is 6.54 Å². The van der Waals surface area contributed by atoms with E-state index in [0.717, 1.165) is 0 Å². The van der Waals surface area contributed by atoms with E-state index in [0.29, 0.717) is 41.8 Å². The summed E-state index contributed by atoms with van der Waals surface area (Å²) in [7, 11) is 0. The maximum atomic E-state index is 12.5. The van der Waals surface area contributed by atoms with Gasteiger partial charge in [-0.2, -0.15) is 0 Å². The van der Waals surface area contributed by atoms with Gasteiger partial charge in [0.25, 0.3) is 5.91 Å². The average molecular weight is 374 g/mol. The topological polar surface area (TPSA) is 89.9 Å². The number of hydrogen-bond donors (Lipinski definition) is 2. The molecule has 1 aromatic carbocycles. The SMILES string of the molecule is O=C(O)CNC(=O)CN1CCN(C(=O)c2cc(Cl)cc(Cl)c2)CC1. The minimum Gasteiger partial charge on any atom is -0.480 e. The van der Waals surface area contributed by atoms with Crippen molar-refractivity contribution in [1.82, 2.24) is 15.1 Å². The molecule has 2 amide bonds. The molecule has 0 spiro atoms. The number of hydrogen-bond acceptors (Lipinski definition) is 4. The molecule has 0 atom stereocenters. The average Bonchev–Trinajstić information content (AvgIpc) is 2.52. The number of carboxylic acid groups (broad SMARTS) is 1. The Hall–Kier alpha value is -1.83. The number of nitrogens with zero attached hydrogens (tertiary/aromatic N) is 2. The first kappa shape index (κ1) is 18.5. The third kappa shape index (κ3) is 5.36. The molecule has 1 saturated heterocycles. The molecule has 0 aromatic heterocycles. The molecule has 1 heterocycles. The molecule has 9 heteroatoms. The Morgan fingerprint density at radius 2 is 1.62 bits per heavy atom. The van der Waals surface area contributed by atoms with Crippen LogP contribution < -0.4 is 5.32 Å². The number of piperazine rings is 1. The molecule has 0 unspecified atom stereocenters. The van der Waals surface area contributed by atoms with Gasteiger partial charge in [-0.1, -0.05) is 23.2 Å². The van der Waals surface area contributed by atoms with Crippen molar-refractivity contribution in [2.45, 2.75) is 0 Å². The Bertz CT molecular complexity index is 625. The van der Waals surface area contributed by atoms with Crippen molar-refractivity contribution >= 4 is 41.0 Å². The number of nitrogens with one attached hydrogen (secondary N) is 1. The van der Waals surface area contributed by atoms with Crippen molar-refractivity contribution in [2.75, 3.05) is 39.3 Å². The minimum atomic E-state index is -1.08. The quantitative estimate of drug-likeness (QED) is 0.801. The Morgan fingerprint density at radius 1 is 1.04 bits per heavy atom. The van der Waals surface area contributed by atoms with E-state index >= 15 is 0 Å². The molecule has 130 valence electrons. The van der Waals surface area contributed by atoms with Crippen LogP contribution in [0.4, 0.5) is 0 Å². The van der Waals surface area contributed by atoms with Gasteiger partial charge in [0, 0.05) is 41.8 Å². The second kappa shape index (κ2) is 8.32. The summed E-state index contributed by atoms with van der Waals surface area (Å²) in [5.74, 6) is -1.59. The maximum Gasteiger partial charge on any atom is 0.322 e. The first-order valence-electron chi connectivity index (χ1n) is 7.31. The number of halogens is 2. The fourth-order valence-electron chi connectivity index (χ4n) is 2.40. The fourth-order valence-corrected chi connectivity index (χ4v) is 2.93. The molecule has 0 radical (unpaired) electrons. The molecule has 2 N–H and O–H groups in total. The van der Waals surface area contributed by atoms with Gasteiger partial charge in [0.15, 0.2) is 0 Å². The van der Waals surface area contributed by atoms with Crippen molar-refractivity contribution in [2.24, 2.45) is 0 Å². The molecule has 7 nitrogen and oxygen atoms in total. The summed E-state index contributed by atoms with van der Waals surface area (Å²) in [6.45, 7) is 1.70. The lowest BCUT2D eigenvalue weighted by molar-refractivity contribution is -0.138. The van der Waals surface area contributed by atoms with Gasteiger partial charge in [-0.15, -0.1) is 0 Å². The minimum absolute atomic E-state index is 0.109. The molecule has 1 aliphatic heterocycles. The monoisotopic (exact) mass is 373 g/mol. The zero-order valence-corrected chi connectivity index (χ0v) is 14.3. The zero-order chi connectivity index (χ0) is 17.7. The van der Waals surface area contributed by atoms with E-state index in [1.165, 1.54) is 0 Å². The normalized spacial score (nSPS) is 15.2. The molecule has 0 aliphatic carbocycles. The van der Waals surface area contributed by atoms with Crippen molar-refractivity contribution < 1.29 is 19.5 Å². The second-order valence-corrected chi connectivity index (χ2v) is 6.27. The van der Waals surface area contributed by atoms with Gasteiger partial charge in [-0.25, -0.2) is 0 Å². The summed E-state index contributed by atoms with van der Waals surface area (Å²) in [6.07, 6.45) is 0. The third-order valence-corrected chi connectivity index (χ3v) is 4.01. The lowest BCUT2D eigenvalue weighted by Crippen LogP contribution is -2.51. The van der Waals surface area contributed by atoms with Crippen LogP contribution >= 0.6 is 23.2 Å². The van der Waals surface area contributed by atoms with Crippen molar-refractivity contribution in [3.63, 3.8) is 0 Å². The first-order valence-corrected chi connectivity index (χ1v) is 8.07. The number of carboxylic acids is 1. The number of carbonyl (C=O) groups excluding carboxylic acids is 2. The van der Waals surface area contributed by atoms with Crippen LogP contribution in [-0.2, 0) is 9.59 Å². The van der Waals surface area contributed by atoms with Crippen LogP contribution in [0.3, 0.4) is 0 Å². The molecule has 1 fully saturated rings. The number of amides is 2. The standard InChI is InChI=1S/C15H17Cl2N3O4/c16-11-5-10(6-12(17)7-11)15(24)20-3-1-19(2-4-20)9-13(21)18-8-14(22)23/h5-7H,1-4,8-9H2,(H,18,21)(H,22,23). The number of aliphatic carboxylic acids is 1. The largest absolute Gasteiger partial charge is 0.480 e. The summed E-state index contributed by atoms with van der Waals surface area (Å²) in [4.78, 5) is 38.0. The van der Waals surface area contributed by atoms with Crippen LogP contribution in [0.2, 0.25) is 10.0 Å². The van der Waals surface area contributed by atoms with E-state index in [1.807, 2.05) is 4.90 Å². The molecular weight excluding hydrogens is 357 g/mol. The molecule has 24 heavy (non-hydrogen) atoms. The third-order valence-electron chi connectivity index (χ3n) is 3.57.